The summed E-state index contributed by atoms with van der Waals surface area (Å²) in [5, 5.41) is 20.8. The number of hydrogen-bond donors (Lipinski definition) is 4. The quantitative estimate of drug-likeness (QED) is 0.409. The lowest BCUT2D eigenvalue weighted by atomic mass is 9.98. The van der Waals surface area contributed by atoms with Gasteiger partial charge in [-0.25, -0.2) is 4.79 Å². The normalized spacial score (nSPS) is 13.4. The average molecular weight is 452 g/mol. The smallest absolute Gasteiger partial charge is 0.326 e. The summed E-state index contributed by atoms with van der Waals surface area (Å²) in [7, 11) is 0. The molecule has 3 atom stereocenters. The first-order chi connectivity index (χ1) is 15.0. The molecule has 2 amide bonds. The van der Waals surface area contributed by atoms with Crippen molar-refractivity contribution in [1.29, 1.82) is 0 Å². The van der Waals surface area contributed by atoms with Crippen LogP contribution < -0.4 is 11.1 Å². The molecule has 0 aliphatic rings. The Kier molecular flexibility index (Phi) is 14.0. The van der Waals surface area contributed by atoms with Crippen LogP contribution in [-0.4, -0.2) is 58.1 Å². The zero-order valence-corrected chi connectivity index (χ0v) is 20.3. The van der Waals surface area contributed by atoms with Gasteiger partial charge in [0.05, 0.1) is 6.04 Å². The predicted octanol–water partition coefficient (Wildman–Crippen LogP) is 2.78. The number of benzene rings is 1. The molecule has 8 heteroatoms. The lowest BCUT2D eigenvalue weighted by Crippen LogP contribution is -2.51. The Morgan fingerprint density at radius 3 is 1.97 bits per heavy atom. The molecule has 0 fully saturated rings. The Bertz CT molecular complexity index is 702. The van der Waals surface area contributed by atoms with Gasteiger partial charge in [-0.05, 0) is 49.8 Å². The van der Waals surface area contributed by atoms with E-state index in [1.54, 1.807) is 19.1 Å². The number of carboxylic acid groups (broad SMARTS) is 1. The molecule has 0 radical (unpaired) electrons. The summed E-state index contributed by atoms with van der Waals surface area (Å²) >= 11 is 0. The number of nitrogens with two attached hydrogens (primary N) is 1. The SMILES string of the molecule is CCC(C)C(NC(=O)C(N)Cc1ccc(O)cc1)C(=O)O.CCN(CC)C(=O)CC(C)C. The van der Waals surface area contributed by atoms with E-state index in [2.05, 4.69) is 19.2 Å². The Hall–Kier alpha value is -2.61. The number of phenols is 1. The van der Waals surface area contributed by atoms with Crippen LogP contribution in [0.1, 0.15) is 59.9 Å². The molecule has 32 heavy (non-hydrogen) atoms. The monoisotopic (exact) mass is 451 g/mol. The van der Waals surface area contributed by atoms with Gasteiger partial charge in [0.25, 0.3) is 0 Å². The van der Waals surface area contributed by atoms with Crippen LogP contribution in [0, 0.1) is 11.8 Å². The molecule has 0 aliphatic carbocycles. The van der Waals surface area contributed by atoms with Gasteiger partial charge in [0, 0.05) is 19.5 Å². The number of aliphatic carboxylic acids is 1. The van der Waals surface area contributed by atoms with Crippen molar-refractivity contribution in [2.24, 2.45) is 17.6 Å². The van der Waals surface area contributed by atoms with Crippen LogP contribution in [0.15, 0.2) is 24.3 Å². The third-order valence-electron chi connectivity index (χ3n) is 5.20. The molecule has 0 heterocycles. The van der Waals surface area contributed by atoms with E-state index in [4.69, 9.17) is 10.8 Å². The number of rotatable bonds is 11. The number of hydrogen-bond acceptors (Lipinski definition) is 5. The van der Waals surface area contributed by atoms with E-state index in [-0.39, 0.29) is 24.0 Å². The second-order valence-corrected chi connectivity index (χ2v) is 8.35. The molecule has 0 spiro atoms. The first-order valence-electron chi connectivity index (χ1n) is 11.3. The van der Waals surface area contributed by atoms with E-state index in [0.29, 0.717) is 18.8 Å². The third kappa shape index (κ3) is 11.1. The maximum atomic E-state index is 12.0. The molecule has 0 saturated carbocycles. The molecule has 8 nitrogen and oxygen atoms in total. The van der Waals surface area contributed by atoms with E-state index >= 15 is 0 Å². The molecule has 182 valence electrons. The van der Waals surface area contributed by atoms with Gasteiger partial charge < -0.3 is 26.2 Å². The highest BCUT2D eigenvalue weighted by atomic mass is 16.4. The number of amides is 2. The van der Waals surface area contributed by atoms with Crippen molar-refractivity contribution < 1.29 is 24.6 Å². The van der Waals surface area contributed by atoms with E-state index in [9.17, 15) is 19.5 Å². The number of aromatic hydroxyl groups is 1. The molecule has 0 aliphatic heterocycles. The average Bonchev–Trinajstić information content (AvgIpc) is 2.73. The second kappa shape index (κ2) is 15.2. The molecule has 5 N–H and O–H groups in total. The highest BCUT2D eigenvalue weighted by Gasteiger charge is 2.27. The van der Waals surface area contributed by atoms with Crippen LogP contribution in [0.2, 0.25) is 0 Å². The van der Waals surface area contributed by atoms with Crippen LogP contribution in [0.5, 0.6) is 5.75 Å². The van der Waals surface area contributed by atoms with Gasteiger partial charge in [0.2, 0.25) is 11.8 Å². The number of nitrogens with one attached hydrogen (secondary N) is 1. The maximum Gasteiger partial charge on any atom is 0.326 e. The largest absolute Gasteiger partial charge is 0.508 e. The minimum Gasteiger partial charge on any atom is -0.508 e. The van der Waals surface area contributed by atoms with Crippen molar-refractivity contribution in [3.05, 3.63) is 29.8 Å². The molecule has 1 aromatic rings. The first-order valence-corrected chi connectivity index (χ1v) is 11.3. The second-order valence-electron chi connectivity index (χ2n) is 8.35. The minimum atomic E-state index is -1.06. The van der Waals surface area contributed by atoms with Crippen molar-refractivity contribution in [1.82, 2.24) is 10.2 Å². The maximum absolute atomic E-state index is 12.0. The summed E-state index contributed by atoms with van der Waals surface area (Å²) in [5.74, 6) is -0.829. The summed E-state index contributed by atoms with van der Waals surface area (Å²) < 4.78 is 0. The van der Waals surface area contributed by atoms with Gasteiger partial charge in [-0.15, -0.1) is 0 Å². The molecule has 1 rings (SSSR count). The van der Waals surface area contributed by atoms with E-state index < -0.39 is 24.0 Å². The number of carbonyl (C=O) groups excluding carboxylic acids is 2. The van der Waals surface area contributed by atoms with Gasteiger partial charge in [-0.1, -0.05) is 46.2 Å². The Balaban J connectivity index is 0.000000739. The molecule has 3 unspecified atom stereocenters. The standard InChI is InChI=1S/C15H22N2O4.C9H19NO/c1-3-9(2)13(15(20)21)17-14(19)12(16)8-10-4-6-11(18)7-5-10;1-5-10(6-2)9(11)7-8(3)4/h4-7,9,12-13,18H,3,8,16H2,1-2H3,(H,17,19)(H,20,21);8H,5-7H2,1-4H3. The summed E-state index contributed by atoms with van der Waals surface area (Å²) in [4.78, 5) is 36.4. The number of nitrogens with zero attached hydrogens (tertiary/aromatic N) is 1. The van der Waals surface area contributed by atoms with Crippen LogP contribution in [0.3, 0.4) is 0 Å². The summed E-state index contributed by atoms with van der Waals surface area (Å²) in [6, 6.07) is 4.60. The summed E-state index contributed by atoms with van der Waals surface area (Å²) in [5.41, 5.74) is 6.61. The fourth-order valence-electron chi connectivity index (χ4n) is 2.98. The molecule has 0 aromatic heterocycles. The van der Waals surface area contributed by atoms with Gasteiger partial charge in [0.1, 0.15) is 11.8 Å². The van der Waals surface area contributed by atoms with E-state index in [1.807, 2.05) is 25.7 Å². The van der Waals surface area contributed by atoms with E-state index in [1.165, 1.54) is 12.1 Å². The fraction of sp³-hybridized carbons (Fsp3) is 0.625. The fourth-order valence-corrected chi connectivity index (χ4v) is 2.98. The lowest BCUT2D eigenvalue weighted by Gasteiger charge is -2.22. The third-order valence-corrected chi connectivity index (χ3v) is 5.20. The van der Waals surface area contributed by atoms with Gasteiger partial charge in [-0.2, -0.15) is 0 Å². The van der Waals surface area contributed by atoms with Gasteiger partial charge in [-0.3, -0.25) is 9.59 Å². The number of carbonyl (C=O) groups is 3. The van der Waals surface area contributed by atoms with Crippen molar-refractivity contribution in [2.75, 3.05) is 13.1 Å². The van der Waals surface area contributed by atoms with E-state index in [0.717, 1.165) is 18.7 Å². The molecule has 1 aromatic carbocycles. The highest BCUT2D eigenvalue weighted by Crippen LogP contribution is 2.12. The van der Waals surface area contributed by atoms with Crippen LogP contribution >= 0.6 is 0 Å². The topological polar surface area (TPSA) is 133 Å². The van der Waals surface area contributed by atoms with Gasteiger partial charge >= 0.3 is 5.97 Å². The summed E-state index contributed by atoms with van der Waals surface area (Å²) in [6.07, 6.45) is 1.60. The minimum absolute atomic E-state index is 0.138. The van der Waals surface area contributed by atoms with Crippen LogP contribution in [-0.2, 0) is 20.8 Å². The zero-order chi connectivity index (χ0) is 24.8. The molecule has 0 bridgehead atoms. The van der Waals surface area contributed by atoms with Crippen molar-refractivity contribution in [3.63, 3.8) is 0 Å². The Labute approximate surface area is 192 Å². The van der Waals surface area contributed by atoms with Crippen LogP contribution in [0.25, 0.3) is 0 Å². The van der Waals surface area contributed by atoms with Crippen molar-refractivity contribution >= 4 is 17.8 Å². The van der Waals surface area contributed by atoms with Crippen LogP contribution in [0.4, 0.5) is 0 Å². The van der Waals surface area contributed by atoms with Gasteiger partial charge in [0.15, 0.2) is 0 Å². The highest BCUT2D eigenvalue weighted by molar-refractivity contribution is 5.87. The van der Waals surface area contributed by atoms with Crippen molar-refractivity contribution in [2.45, 2.75) is 72.9 Å². The summed E-state index contributed by atoms with van der Waals surface area (Å²) in [6.45, 7) is 13.5. The Morgan fingerprint density at radius 2 is 1.56 bits per heavy atom. The number of phenolic OH excluding ortho intramolecular Hbond substituents is 1. The molecular weight excluding hydrogens is 410 g/mol. The number of carboxylic acids is 1. The molecular formula is C24H41N3O5. The lowest BCUT2D eigenvalue weighted by molar-refractivity contribution is -0.143. The predicted molar refractivity (Wildman–Crippen MR) is 126 cm³/mol. The zero-order valence-electron chi connectivity index (χ0n) is 20.3. The van der Waals surface area contributed by atoms with Crippen molar-refractivity contribution in [3.8, 4) is 5.75 Å². The molecule has 0 saturated heterocycles. The Morgan fingerprint density at radius 1 is 1.03 bits per heavy atom. The first kappa shape index (κ1) is 29.4.